The number of methoxy groups -OCH3 is 2. The first-order valence-electron chi connectivity index (χ1n) is 7.01. The van der Waals surface area contributed by atoms with Crippen molar-refractivity contribution in [2.75, 3.05) is 21.3 Å². The Kier molecular flexibility index (Phi) is 6.65. The molecule has 2 unspecified atom stereocenters. The van der Waals surface area contributed by atoms with E-state index in [1.54, 1.807) is 14.2 Å². The highest BCUT2D eigenvalue weighted by molar-refractivity contribution is 5.69. The Morgan fingerprint density at radius 2 is 1.86 bits per heavy atom. The van der Waals surface area contributed by atoms with E-state index in [1.807, 2.05) is 26.0 Å². The van der Waals surface area contributed by atoms with Crippen molar-refractivity contribution in [1.82, 2.24) is 5.32 Å². The van der Waals surface area contributed by atoms with Crippen LogP contribution < -0.4 is 10.1 Å². The zero-order chi connectivity index (χ0) is 16.0. The molecule has 0 amide bonds. The van der Waals surface area contributed by atoms with Crippen LogP contribution in [0.4, 0.5) is 0 Å². The molecule has 1 rings (SSSR count). The summed E-state index contributed by atoms with van der Waals surface area (Å²) in [5.74, 6) is 0.502. The molecule has 2 atom stereocenters. The number of hydrogen-bond donors (Lipinski definition) is 2. The predicted octanol–water partition coefficient (Wildman–Crippen LogP) is 1.89. The molecule has 0 saturated heterocycles. The van der Waals surface area contributed by atoms with Crippen molar-refractivity contribution in [2.24, 2.45) is 0 Å². The Morgan fingerprint density at radius 3 is 2.29 bits per heavy atom. The van der Waals surface area contributed by atoms with Crippen LogP contribution in [0.5, 0.6) is 5.75 Å². The minimum Gasteiger partial charge on any atom is -0.497 e. The highest BCUT2D eigenvalue weighted by atomic mass is 16.5. The van der Waals surface area contributed by atoms with Gasteiger partial charge in [-0.25, -0.2) is 0 Å². The highest BCUT2D eigenvalue weighted by Crippen LogP contribution is 2.29. The van der Waals surface area contributed by atoms with Crippen LogP contribution in [0.3, 0.4) is 0 Å². The van der Waals surface area contributed by atoms with Crippen molar-refractivity contribution in [3.05, 3.63) is 28.8 Å². The molecule has 0 saturated carbocycles. The van der Waals surface area contributed by atoms with Gasteiger partial charge in [0.1, 0.15) is 5.75 Å². The first kappa shape index (κ1) is 17.5. The summed E-state index contributed by atoms with van der Waals surface area (Å²) in [4.78, 5) is 11.3. The van der Waals surface area contributed by atoms with Crippen molar-refractivity contribution in [2.45, 2.75) is 38.8 Å². The molecule has 2 N–H and O–H groups in total. The number of ether oxygens (including phenoxy) is 2. The van der Waals surface area contributed by atoms with E-state index in [9.17, 15) is 9.90 Å². The van der Waals surface area contributed by atoms with E-state index in [2.05, 4.69) is 10.1 Å². The SMILES string of the molecule is CNC(CCC(=O)OC)C(O)c1c(C)cc(OC)cc1C. The first-order valence-corrected chi connectivity index (χ1v) is 7.01. The maximum atomic E-state index is 11.3. The number of aliphatic hydroxyl groups excluding tert-OH is 1. The lowest BCUT2D eigenvalue weighted by molar-refractivity contribution is -0.140. The smallest absolute Gasteiger partial charge is 0.305 e. The van der Waals surface area contributed by atoms with Gasteiger partial charge < -0.3 is 19.9 Å². The molecule has 118 valence electrons. The fourth-order valence-corrected chi connectivity index (χ4v) is 2.56. The van der Waals surface area contributed by atoms with E-state index < -0.39 is 6.10 Å². The molecule has 1 aromatic rings. The summed E-state index contributed by atoms with van der Waals surface area (Å²) in [5.41, 5.74) is 2.82. The molecular weight excluding hydrogens is 270 g/mol. The number of benzene rings is 1. The summed E-state index contributed by atoms with van der Waals surface area (Å²) in [7, 11) is 4.77. The average Bonchev–Trinajstić information content (AvgIpc) is 2.46. The van der Waals surface area contributed by atoms with E-state index in [0.717, 1.165) is 22.4 Å². The number of carbonyl (C=O) groups is 1. The molecule has 5 nitrogen and oxygen atoms in total. The molecular formula is C16H25NO4. The second-order valence-electron chi connectivity index (χ2n) is 5.13. The molecule has 0 spiro atoms. The third-order valence-electron chi connectivity index (χ3n) is 3.74. The third-order valence-corrected chi connectivity index (χ3v) is 3.74. The van der Waals surface area contributed by atoms with Crippen molar-refractivity contribution >= 4 is 5.97 Å². The molecule has 0 radical (unpaired) electrons. The zero-order valence-corrected chi connectivity index (χ0v) is 13.4. The quantitative estimate of drug-likeness (QED) is 0.752. The van der Waals surface area contributed by atoms with Crippen molar-refractivity contribution in [3.63, 3.8) is 0 Å². The van der Waals surface area contributed by atoms with Gasteiger partial charge in [-0.1, -0.05) is 0 Å². The van der Waals surface area contributed by atoms with E-state index in [0.29, 0.717) is 6.42 Å². The molecule has 1 aromatic carbocycles. The Bertz CT molecular complexity index is 464. The Hall–Kier alpha value is -1.59. The van der Waals surface area contributed by atoms with Gasteiger partial charge in [-0.2, -0.15) is 0 Å². The number of aliphatic hydroxyl groups is 1. The minimum atomic E-state index is -0.689. The van der Waals surface area contributed by atoms with Crippen LogP contribution in [0.15, 0.2) is 12.1 Å². The fourth-order valence-electron chi connectivity index (χ4n) is 2.56. The maximum absolute atomic E-state index is 11.3. The number of aryl methyl sites for hydroxylation is 2. The van der Waals surface area contributed by atoms with E-state index in [-0.39, 0.29) is 18.4 Å². The van der Waals surface area contributed by atoms with E-state index >= 15 is 0 Å². The predicted molar refractivity (Wildman–Crippen MR) is 81.5 cm³/mol. The number of likely N-dealkylation sites (N-methyl/N-ethyl adjacent to an activating group) is 1. The number of nitrogens with one attached hydrogen (secondary N) is 1. The van der Waals surface area contributed by atoms with Crippen molar-refractivity contribution in [1.29, 1.82) is 0 Å². The van der Waals surface area contributed by atoms with Gasteiger partial charge in [-0.05, 0) is 56.1 Å². The van der Waals surface area contributed by atoms with Crippen LogP contribution in [-0.2, 0) is 9.53 Å². The van der Waals surface area contributed by atoms with Crippen LogP contribution in [0, 0.1) is 13.8 Å². The molecule has 0 aliphatic heterocycles. The summed E-state index contributed by atoms with van der Waals surface area (Å²) in [5, 5.41) is 13.7. The normalized spacial score (nSPS) is 13.6. The third kappa shape index (κ3) is 4.44. The van der Waals surface area contributed by atoms with Crippen LogP contribution in [-0.4, -0.2) is 38.4 Å². The van der Waals surface area contributed by atoms with Gasteiger partial charge in [-0.3, -0.25) is 4.79 Å². The van der Waals surface area contributed by atoms with E-state index in [4.69, 9.17) is 4.74 Å². The number of carbonyl (C=O) groups excluding carboxylic acids is 1. The molecule has 0 aromatic heterocycles. The van der Waals surface area contributed by atoms with Crippen molar-refractivity contribution < 1.29 is 19.4 Å². The topological polar surface area (TPSA) is 67.8 Å². The summed E-state index contributed by atoms with van der Waals surface area (Å²) in [6.45, 7) is 3.89. The largest absolute Gasteiger partial charge is 0.497 e. The molecule has 5 heteroatoms. The van der Waals surface area contributed by atoms with Gasteiger partial charge >= 0.3 is 5.97 Å². The van der Waals surface area contributed by atoms with Gasteiger partial charge in [0.2, 0.25) is 0 Å². The van der Waals surface area contributed by atoms with Gasteiger partial charge in [0.05, 0.1) is 20.3 Å². The van der Waals surface area contributed by atoms with Crippen molar-refractivity contribution in [3.8, 4) is 5.75 Å². The maximum Gasteiger partial charge on any atom is 0.305 e. The molecule has 0 aliphatic rings. The molecule has 0 bridgehead atoms. The molecule has 0 heterocycles. The molecule has 21 heavy (non-hydrogen) atoms. The number of esters is 1. The second kappa shape index (κ2) is 8.00. The first-order chi connectivity index (χ1) is 9.94. The summed E-state index contributed by atoms with van der Waals surface area (Å²) >= 11 is 0. The lowest BCUT2D eigenvalue weighted by Gasteiger charge is -2.25. The molecule has 0 fully saturated rings. The van der Waals surface area contributed by atoms with Crippen LogP contribution in [0.2, 0.25) is 0 Å². The average molecular weight is 295 g/mol. The minimum absolute atomic E-state index is 0.213. The van der Waals surface area contributed by atoms with Gasteiger partial charge in [-0.15, -0.1) is 0 Å². The highest BCUT2D eigenvalue weighted by Gasteiger charge is 2.23. The van der Waals surface area contributed by atoms with Crippen LogP contribution in [0.25, 0.3) is 0 Å². The summed E-state index contributed by atoms with van der Waals surface area (Å²) in [6.07, 6.45) is 0.0910. The lowest BCUT2D eigenvalue weighted by atomic mass is 9.91. The second-order valence-corrected chi connectivity index (χ2v) is 5.13. The summed E-state index contributed by atoms with van der Waals surface area (Å²) < 4.78 is 9.88. The van der Waals surface area contributed by atoms with Gasteiger partial charge in [0.15, 0.2) is 0 Å². The van der Waals surface area contributed by atoms with Gasteiger partial charge in [0, 0.05) is 12.5 Å². The Labute approximate surface area is 126 Å². The molecule has 0 aliphatic carbocycles. The Morgan fingerprint density at radius 1 is 1.29 bits per heavy atom. The summed E-state index contributed by atoms with van der Waals surface area (Å²) in [6, 6.07) is 3.59. The fraction of sp³-hybridized carbons (Fsp3) is 0.562. The van der Waals surface area contributed by atoms with Crippen LogP contribution in [0.1, 0.15) is 35.6 Å². The number of hydrogen-bond acceptors (Lipinski definition) is 5. The Balaban J connectivity index is 2.94. The van der Waals surface area contributed by atoms with Crippen LogP contribution >= 0.6 is 0 Å². The number of rotatable bonds is 7. The standard InChI is InChI=1S/C16H25NO4/c1-10-8-12(20-4)9-11(2)15(10)16(19)13(17-3)6-7-14(18)21-5/h8-9,13,16-17,19H,6-7H2,1-5H3. The zero-order valence-electron chi connectivity index (χ0n) is 13.4. The van der Waals surface area contributed by atoms with E-state index in [1.165, 1.54) is 7.11 Å². The monoisotopic (exact) mass is 295 g/mol. The van der Waals surface area contributed by atoms with Gasteiger partial charge in [0.25, 0.3) is 0 Å². The lowest BCUT2D eigenvalue weighted by Crippen LogP contribution is -2.33.